The molecule has 0 aromatic heterocycles. The number of benzene rings is 1. The Hall–Kier alpha value is -1.64. The van der Waals surface area contributed by atoms with Gasteiger partial charge in [0.1, 0.15) is 10.9 Å². The number of rotatable bonds is 4. The summed E-state index contributed by atoms with van der Waals surface area (Å²) in [5.41, 5.74) is 0.328. The summed E-state index contributed by atoms with van der Waals surface area (Å²) in [5, 5.41) is 8.10. The molecule has 1 aromatic rings. The van der Waals surface area contributed by atoms with Crippen LogP contribution in [0.4, 0.5) is 5.69 Å². The maximum Gasteiger partial charge on any atom is 0.244 e. The fourth-order valence-corrected chi connectivity index (χ4v) is 2.89. The largest absolute Gasteiger partial charge is 0.378 e. The molecule has 0 aliphatic carbocycles. The molecule has 7 nitrogen and oxygen atoms in total. The van der Waals surface area contributed by atoms with Crippen molar-refractivity contribution in [2.24, 2.45) is 5.14 Å². The number of sulfonamides is 1. The Morgan fingerprint density at radius 2 is 1.95 bits per heavy atom. The Balaban J connectivity index is 2.12. The molecule has 21 heavy (non-hydrogen) atoms. The van der Waals surface area contributed by atoms with Gasteiger partial charge < -0.3 is 15.0 Å². The zero-order valence-corrected chi connectivity index (χ0v) is 12.6. The van der Waals surface area contributed by atoms with E-state index in [0.29, 0.717) is 32.0 Å². The Morgan fingerprint density at radius 1 is 1.33 bits per heavy atom. The molecule has 1 saturated heterocycles. The number of hydrogen-bond donors (Lipinski definition) is 2. The first kappa shape index (κ1) is 15.7. The van der Waals surface area contributed by atoms with Gasteiger partial charge in [-0.1, -0.05) is 12.1 Å². The van der Waals surface area contributed by atoms with E-state index in [1.807, 2.05) is 0 Å². The number of amides is 1. The van der Waals surface area contributed by atoms with Gasteiger partial charge in [-0.05, 0) is 19.1 Å². The van der Waals surface area contributed by atoms with Gasteiger partial charge in [0.15, 0.2) is 0 Å². The molecule has 1 heterocycles. The Morgan fingerprint density at radius 3 is 2.57 bits per heavy atom. The van der Waals surface area contributed by atoms with E-state index in [1.165, 1.54) is 6.07 Å². The van der Waals surface area contributed by atoms with Gasteiger partial charge in [-0.15, -0.1) is 0 Å². The molecule has 8 heteroatoms. The molecule has 0 bridgehead atoms. The molecule has 0 saturated carbocycles. The number of hydrogen-bond acceptors (Lipinski definition) is 5. The number of nitrogens with one attached hydrogen (secondary N) is 1. The average Bonchev–Trinajstić information content (AvgIpc) is 2.47. The summed E-state index contributed by atoms with van der Waals surface area (Å²) in [6.45, 7) is 3.82. The van der Waals surface area contributed by atoms with Gasteiger partial charge in [0, 0.05) is 13.1 Å². The van der Waals surface area contributed by atoms with Gasteiger partial charge in [-0.3, -0.25) is 4.79 Å². The summed E-state index contributed by atoms with van der Waals surface area (Å²) in [6.07, 6.45) is 0. The van der Waals surface area contributed by atoms with Crippen LogP contribution in [-0.2, 0) is 19.6 Å². The normalized spacial score (nSPS) is 17.3. The lowest BCUT2D eigenvalue weighted by Crippen LogP contribution is -2.47. The van der Waals surface area contributed by atoms with Gasteiger partial charge in [0.25, 0.3) is 0 Å². The number of nitrogens with zero attached hydrogens (tertiary/aromatic N) is 1. The molecule has 2 rings (SSSR count). The highest BCUT2D eigenvalue weighted by atomic mass is 32.2. The van der Waals surface area contributed by atoms with Crippen molar-refractivity contribution in [2.75, 3.05) is 31.6 Å². The quantitative estimate of drug-likeness (QED) is 0.814. The SMILES string of the molecule is CC(Nc1ccccc1S(N)(=O)=O)C(=O)N1CCOCC1. The molecular formula is C13H19N3O4S. The van der Waals surface area contributed by atoms with Crippen molar-refractivity contribution >= 4 is 21.6 Å². The van der Waals surface area contributed by atoms with E-state index in [1.54, 1.807) is 30.0 Å². The van der Waals surface area contributed by atoms with Crippen molar-refractivity contribution in [2.45, 2.75) is 17.9 Å². The molecule has 0 radical (unpaired) electrons. The molecule has 0 spiro atoms. The van der Waals surface area contributed by atoms with E-state index in [4.69, 9.17) is 9.88 Å². The molecule has 1 aromatic carbocycles. The predicted octanol–water partition coefficient (Wildman–Crippen LogP) is -0.00680. The van der Waals surface area contributed by atoms with E-state index in [0.717, 1.165) is 0 Å². The summed E-state index contributed by atoms with van der Waals surface area (Å²) >= 11 is 0. The highest BCUT2D eigenvalue weighted by Crippen LogP contribution is 2.20. The minimum Gasteiger partial charge on any atom is -0.378 e. The summed E-state index contributed by atoms with van der Waals surface area (Å²) in [4.78, 5) is 14.0. The number of morpholine rings is 1. The average molecular weight is 313 g/mol. The second kappa shape index (κ2) is 6.42. The summed E-state index contributed by atoms with van der Waals surface area (Å²) in [5.74, 6) is -0.0949. The van der Waals surface area contributed by atoms with Crippen LogP contribution < -0.4 is 10.5 Å². The van der Waals surface area contributed by atoms with Crippen LogP contribution >= 0.6 is 0 Å². The van der Waals surface area contributed by atoms with Crippen LogP contribution in [0.15, 0.2) is 29.2 Å². The van der Waals surface area contributed by atoms with Crippen molar-refractivity contribution < 1.29 is 17.9 Å². The zero-order chi connectivity index (χ0) is 15.5. The molecule has 1 aliphatic heterocycles. The number of ether oxygens (including phenoxy) is 1. The topological polar surface area (TPSA) is 102 Å². The third kappa shape index (κ3) is 3.93. The molecule has 3 N–H and O–H groups in total. The lowest BCUT2D eigenvalue weighted by Gasteiger charge is -2.30. The monoisotopic (exact) mass is 313 g/mol. The molecular weight excluding hydrogens is 294 g/mol. The standard InChI is InChI=1S/C13H19N3O4S/c1-10(13(17)16-6-8-20-9-7-16)15-11-4-2-3-5-12(11)21(14,18)19/h2-5,10,15H,6-9H2,1H3,(H2,14,18,19). The lowest BCUT2D eigenvalue weighted by molar-refractivity contribution is -0.135. The van der Waals surface area contributed by atoms with Crippen LogP contribution in [0.1, 0.15) is 6.92 Å². The number of nitrogens with two attached hydrogens (primary N) is 1. The van der Waals surface area contributed by atoms with Crippen LogP contribution in [-0.4, -0.2) is 51.6 Å². The van der Waals surface area contributed by atoms with Crippen molar-refractivity contribution in [3.05, 3.63) is 24.3 Å². The first-order chi connectivity index (χ1) is 9.89. The molecule has 1 amide bonds. The van der Waals surface area contributed by atoms with Crippen LogP contribution in [0.5, 0.6) is 0 Å². The first-order valence-electron chi connectivity index (χ1n) is 6.64. The third-order valence-electron chi connectivity index (χ3n) is 3.26. The van der Waals surface area contributed by atoms with E-state index < -0.39 is 16.1 Å². The van der Waals surface area contributed by atoms with E-state index in [-0.39, 0.29) is 10.8 Å². The van der Waals surface area contributed by atoms with E-state index in [2.05, 4.69) is 5.32 Å². The molecule has 1 fully saturated rings. The van der Waals surface area contributed by atoms with Crippen molar-refractivity contribution in [3.63, 3.8) is 0 Å². The minimum atomic E-state index is -3.84. The van der Waals surface area contributed by atoms with Gasteiger partial charge in [-0.2, -0.15) is 0 Å². The van der Waals surface area contributed by atoms with Crippen LogP contribution in [0.3, 0.4) is 0 Å². The second-order valence-corrected chi connectivity index (χ2v) is 6.37. The summed E-state index contributed by atoms with van der Waals surface area (Å²) in [6, 6.07) is 5.71. The Labute approximate surface area is 124 Å². The van der Waals surface area contributed by atoms with Crippen LogP contribution in [0.2, 0.25) is 0 Å². The lowest BCUT2D eigenvalue weighted by atomic mass is 10.2. The fraction of sp³-hybridized carbons (Fsp3) is 0.462. The molecule has 1 atom stereocenters. The number of carbonyl (C=O) groups excluding carboxylic acids is 1. The van der Waals surface area contributed by atoms with E-state index >= 15 is 0 Å². The smallest absolute Gasteiger partial charge is 0.244 e. The highest BCUT2D eigenvalue weighted by molar-refractivity contribution is 7.89. The maximum atomic E-state index is 12.3. The van der Waals surface area contributed by atoms with Crippen molar-refractivity contribution in [3.8, 4) is 0 Å². The van der Waals surface area contributed by atoms with Gasteiger partial charge >= 0.3 is 0 Å². The molecule has 116 valence electrons. The maximum absolute atomic E-state index is 12.3. The summed E-state index contributed by atoms with van der Waals surface area (Å²) < 4.78 is 28.3. The number of para-hydroxylation sites is 1. The van der Waals surface area contributed by atoms with Gasteiger partial charge in [0.05, 0.1) is 18.9 Å². The highest BCUT2D eigenvalue weighted by Gasteiger charge is 2.24. The third-order valence-corrected chi connectivity index (χ3v) is 4.23. The van der Waals surface area contributed by atoms with Crippen molar-refractivity contribution in [1.29, 1.82) is 0 Å². The number of primary sulfonamides is 1. The summed E-state index contributed by atoms with van der Waals surface area (Å²) in [7, 11) is -3.84. The predicted molar refractivity (Wildman–Crippen MR) is 78.3 cm³/mol. The minimum absolute atomic E-state index is 0.0216. The van der Waals surface area contributed by atoms with E-state index in [9.17, 15) is 13.2 Å². The van der Waals surface area contributed by atoms with Crippen molar-refractivity contribution in [1.82, 2.24) is 4.90 Å². The second-order valence-electron chi connectivity index (χ2n) is 4.84. The van der Waals surface area contributed by atoms with Crippen LogP contribution in [0, 0.1) is 0 Å². The first-order valence-corrected chi connectivity index (χ1v) is 8.19. The molecule has 1 unspecified atom stereocenters. The van der Waals surface area contributed by atoms with Gasteiger partial charge in [0.2, 0.25) is 15.9 Å². The fourth-order valence-electron chi connectivity index (χ4n) is 2.19. The van der Waals surface area contributed by atoms with Gasteiger partial charge in [-0.25, -0.2) is 13.6 Å². The van der Waals surface area contributed by atoms with Crippen LogP contribution in [0.25, 0.3) is 0 Å². The Kier molecular flexibility index (Phi) is 4.81. The zero-order valence-electron chi connectivity index (χ0n) is 11.8. The Bertz CT molecular complexity index is 612. The number of carbonyl (C=O) groups is 1. The molecule has 1 aliphatic rings. The number of anilines is 1.